The lowest BCUT2D eigenvalue weighted by atomic mass is 10.0. The Morgan fingerprint density at radius 1 is 0.625 bits per heavy atom. The van der Waals surface area contributed by atoms with E-state index in [-0.39, 0.29) is 37.8 Å². The van der Waals surface area contributed by atoms with E-state index < -0.39 is 12.2 Å². The second kappa shape index (κ2) is 16.3. The Bertz CT molecular complexity index is 1110. The highest BCUT2D eigenvalue weighted by atomic mass is 16.3. The zero-order valence-electron chi connectivity index (χ0n) is 23.1. The zero-order valence-corrected chi connectivity index (χ0v) is 23.1. The molecule has 0 fully saturated rings. The summed E-state index contributed by atoms with van der Waals surface area (Å²) in [6.07, 6.45) is 4.11. The summed E-state index contributed by atoms with van der Waals surface area (Å²) in [5, 5.41) is 60.7. The van der Waals surface area contributed by atoms with Gasteiger partial charge in [-0.15, -0.1) is 0 Å². The van der Waals surface area contributed by atoms with Crippen LogP contribution in [0.5, 0.6) is 11.5 Å². The predicted molar refractivity (Wildman–Crippen MR) is 156 cm³/mol. The minimum atomic E-state index is -0.891. The van der Waals surface area contributed by atoms with E-state index >= 15 is 0 Å². The summed E-state index contributed by atoms with van der Waals surface area (Å²) < 4.78 is 0. The molecule has 8 N–H and O–H groups in total. The van der Waals surface area contributed by atoms with E-state index in [9.17, 15) is 30.6 Å². The zero-order chi connectivity index (χ0) is 28.9. The summed E-state index contributed by atoms with van der Waals surface area (Å²) in [5.41, 5.74) is 10.0. The Morgan fingerprint density at radius 3 is 1.50 bits per heavy atom. The van der Waals surface area contributed by atoms with Gasteiger partial charge in [-0.3, -0.25) is 4.90 Å². The van der Waals surface area contributed by atoms with Crippen LogP contribution in [-0.4, -0.2) is 61.7 Å². The lowest BCUT2D eigenvalue weighted by Gasteiger charge is -2.28. The number of nitrogens with zero attached hydrogens (tertiary/aromatic N) is 1. The normalized spacial score (nSPS) is 13.1. The van der Waals surface area contributed by atoms with Gasteiger partial charge in [-0.25, -0.2) is 0 Å². The number of benzene rings is 3. The lowest BCUT2D eigenvalue weighted by molar-refractivity contribution is 0.0677. The fourth-order valence-corrected chi connectivity index (χ4v) is 4.85. The first-order chi connectivity index (χ1) is 19.3. The average molecular weight is 553 g/mol. The van der Waals surface area contributed by atoms with Crippen molar-refractivity contribution >= 4 is 0 Å². The van der Waals surface area contributed by atoms with Crippen LogP contribution < -0.4 is 5.73 Å². The molecule has 3 aromatic carbocycles. The van der Waals surface area contributed by atoms with Crippen LogP contribution in [0.2, 0.25) is 0 Å². The molecule has 0 amide bonds. The molecule has 0 heterocycles. The Morgan fingerprint density at radius 2 is 1.07 bits per heavy atom. The summed E-state index contributed by atoms with van der Waals surface area (Å²) in [7, 11) is 0. The number of unbranched alkanes of at least 4 members (excludes halogenated alkanes) is 2. The van der Waals surface area contributed by atoms with E-state index in [4.69, 9.17) is 5.73 Å². The van der Waals surface area contributed by atoms with E-state index in [0.29, 0.717) is 28.8 Å². The number of aryl methyl sites for hydroxylation is 2. The maximum Gasteiger partial charge on any atom is 0.121 e. The van der Waals surface area contributed by atoms with Crippen LogP contribution in [0, 0.1) is 0 Å². The van der Waals surface area contributed by atoms with E-state index in [1.165, 1.54) is 23.3 Å². The number of aliphatic hydroxyl groups is 4. The molecule has 218 valence electrons. The molecule has 0 saturated heterocycles. The van der Waals surface area contributed by atoms with Crippen LogP contribution in [-0.2, 0) is 26.1 Å². The number of hydrogen-bond acceptors (Lipinski definition) is 8. The monoisotopic (exact) mass is 552 g/mol. The summed E-state index contributed by atoms with van der Waals surface area (Å²) >= 11 is 0. The molecule has 0 aliphatic rings. The van der Waals surface area contributed by atoms with Gasteiger partial charge in [0.1, 0.15) is 11.5 Å². The Labute approximate surface area is 237 Å². The van der Waals surface area contributed by atoms with Crippen molar-refractivity contribution in [3.63, 3.8) is 0 Å². The second-order valence-electron chi connectivity index (χ2n) is 10.4. The van der Waals surface area contributed by atoms with Crippen LogP contribution in [0.4, 0.5) is 0 Å². The molecule has 0 saturated carbocycles. The van der Waals surface area contributed by atoms with Crippen molar-refractivity contribution in [3.05, 3.63) is 94.0 Å². The third-order valence-electron chi connectivity index (χ3n) is 7.31. The summed E-state index contributed by atoms with van der Waals surface area (Å²) in [6.45, 7) is 1.18. The highest BCUT2D eigenvalue weighted by molar-refractivity contribution is 5.37. The van der Waals surface area contributed by atoms with Gasteiger partial charge in [-0.1, -0.05) is 36.4 Å². The van der Waals surface area contributed by atoms with E-state index in [1.54, 1.807) is 24.3 Å². The number of rotatable bonds is 17. The highest BCUT2D eigenvalue weighted by Gasteiger charge is 2.19. The molecule has 0 aliphatic heterocycles. The van der Waals surface area contributed by atoms with Crippen molar-refractivity contribution in [3.8, 4) is 11.5 Å². The number of hydrogen-bond donors (Lipinski definition) is 7. The highest BCUT2D eigenvalue weighted by Crippen LogP contribution is 2.26. The molecule has 2 atom stereocenters. The Hall–Kier alpha value is -2.98. The summed E-state index contributed by atoms with van der Waals surface area (Å²) in [6, 6.07) is 18.1. The van der Waals surface area contributed by atoms with Gasteiger partial charge < -0.3 is 36.4 Å². The molecule has 40 heavy (non-hydrogen) atoms. The third kappa shape index (κ3) is 9.59. The smallest absolute Gasteiger partial charge is 0.121 e. The first kappa shape index (κ1) is 31.5. The maximum atomic E-state index is 11.0. The minimum absolute atomic E-state index is 0.0265. The molecule has 3 aromatic rings. The van der Waals surface area contributed by atoms with Gasteiger partial charge in [-0.05, 0) is 98.1 Å². The fraction of sp³-hybridized carbons (Fsp3) is 0.438. The number of nitrogens with two attached hydrogens (primary N) is 1. The third-order valence-corrected chi connectivity index (χ3v) is 7.31. The molecule has 0 aromatic heterocycles. The van der Waals surface area contributed by atoms with Gasteiger partial charge in [0.2, 0.25) is 0 Å². The molecule has 0 spiro atoms. The van der Waals surface area contributed by atoms with Crippen LogP contribution >= 0.6 is 0 Å². The molecule has 3 rings (SSSR count). The van der Waals surface area contributed by atoms with Gasteiger partial charge in [0, 0.05) is 24.2 Å². The van der Waals surface area contributed by atoms with E-state index in [1.807, 2.05) is 4.90 Å². The molecule has 0 radical (unpaired) electrons. The topological polar surface area (TPSA) is 151 Å². The SMILES string of the molecule is NCCCCc1ccc(CCCCN(C[C@@H](O)c2ccc(O)c(CO)c2)C[C@@H](O)c2ccc(O)c(CO)c2)cc1. The van der Waals surface area contributed by atoms with Crippen molar-refractivity contribution in [2.75, 3.05) is 26.2 Å². The van der Waals surface area contributed by atoms with Crippen LogP contribution in [0.25, 0.3) is 0 Å². The van der Waals surface area contributed by atoms with Crippen LogP contribution in [0.1, 0.15) is 71.3 Å². The Kier molecular flexibility index (Phi) is 12.9. The molecular weight excluding hydrogens is 508 g/mol. The molecule has 8 heteroatoms. The second-order valence-corrected chi connectivity index (χ2v) is 10.4. The standard InChI is InChI=1S/C32H44N2O6/c33-15-3-1-5-23-7-9-24(10-8-23)6-2-4-16-34(19-31(39)25-11-13-29(37)27(17-25)21-35)20-32(40)26-12-14-30(38)28(18-26)22-36/h7-14,17-18,31-32,35-40H,1-6,15-16,19-22,33H2/t31-,32-/m1/s1. The Balaban J connectivity index is 1.63. The maximum absolute atomic E-state index is 11.0. The molecule has 8 nitrogen and oxygen atoms in total. The van der Waals surface area contributed by atoms with Gasteiger partial charge in [0.15, 0.2) is 0 Å². The quantitative estimate of drug-likeness (QED) is 0.126. The average Bonchev–Trinajstić information content (AvgIpc) is 2.96. The van der Waals surface area contributed by atoms with E-state index in [0.717, 1.165) is 45.1 Å². The van der Waals surface area contributed by atoms with Gasteiger partial charge in [-0.2, -0.15) is 0 Å². The largest absolute Gasteiger partial charge is 0.508 e. The molecular formula is C32H44N2O6. The molecule has 0 aliphatic carbocycles. The minimum Gasteiger partial charge on any atom is -0.508 e. The van der Waals surface area contributed by atoms with Crippen molar-refractivity contribution in [2.24, 2.45) is 5.73 Å². The first-order valence-electron chi connectivity index (χ1n) is 14.1. The predicted octanol–water partition coefficient (Wildman–Crippen LogP) is 3.46. The fourth-order valence-electron chi connectivity index (χ4n) is 4.85. The summed E-state index contributed by atoms with van der Waals surface area (Å²) in [5.74, 6) is -0.0531. The van der Waals surface area contributed by atoms with Gasteiger partial charge in [0.05, 0.1) is 25.4 Å². The first-order valence-corrected chi connectivity index (χ1v) is 14.1. The van der Waals surface area contributed by atoms with E-state index in [2.05, 4.69) is 24.3 Å². The van der Waals surface area contributed by atoms with Crippen LogP contribution in [0.3, 0.4) is 0 Å². The molecule has 0 unspecified atom stereocenters. The van der Waals surface area contributed by atoms with Crippen molar-refractivity contribution < 1.29 is 30.6 Å². The van der Waals surface area contributed by atoms with Crippen molar-refractivity contribution in [2.45, 2.75) is 63.9 Å². The number of phenols is 2. The number of aromatic hydroxyl groups is 2. The van der Waals surface area contributed by atoms with Crippen molar-refractivity contribution in [1.29, 1.82) is 0 Å². The lowest BCUT2D eigenvalue weighted by Crippen LogP contribution is -2.33. The van der Waals surface area contributed by atoms with Gasteiger partial charge in [0.25, 0.3) is 0 Å². The summed E-state index contributed by atoms with van der Waals surface area (Å²) in [4.78, 5) is 1.99. The molecule has 0 bridgehead atoms. The van der Waals surface area contributed by atoms with Crippen molar-refractivity contribution in [1.82, 2.24) is 4.90 Å². The van der Waals surface area contributed by atoms with Gasteiger partial charge >= 0.3 is 0 Å². The van der Waals surface area contributed by atoms with Crippen LogP contribution in [0.15, 0.2) is 60.7 Å². The number of aliphatic hydroxyl groups excluding tert-OH is 4.